The number of hydrogen-bond donors (Lipinski definition) is 0. The van der Waals surface area contributed by atoms with Crippen LogP contribution in [0.25, 0.3) is 49.4 Å². The second-order valence-electron chi connectivity index (χ2n) is 20.4. The molecule has 0 saturated carbocycles. The molecule has 320 valence electrons. The molecule has 0 N–H and O–H groups in total. The second-order valence-corrected chi connectivity index (χ2v) is 24.7. The molecule has 10 aromatic rings. The third-order valence-corrected chi connectivity index (χ3v) is 20.0. The van der Waals surface area contributed by atoms with Crippen LogP contribution in [-0.2, 0) is 10.8 Å². The number of anilines is 3. The molecule has 0 fully saturated rings. The SMILES string of the molecule is CC1(C)c2ccccc2-c2cc(-n3c4ccccc4c4cc(N(c5ccccc5)c5ccc6c(c5)[Si](C)(C)c5ccccc5C65c6cccc7cccc(c67)C6C=CC=CC65)ccc43)ccc21. The van der Waals surface area contributed by atoms with Gasteiger partial charge in [-0.2, -0.15) is 0 Å². The quantitative estimate of drug-likeness (QED) is 0.160. The third-order valence-electron chi connectivity index (χ3n) is 16.5. The van der Waals surface area contributed by atoms with Crippen molar-refractivity contribution in [2.24, 2.45) is 5.92 Å². The first kappa shape index (κ1) is 38.8. The lowest BCUT2D eigenvalue weighted by molar-refractivity contribution is 0.404. The van der Waals surface area contributed by atoms with Gasteiger partial charge in [0.2, 0.25) is 0 Å². The molecule has 4 aliphatic rings. The molecule has 2 nitrogen and oxygen atoms in total. The minimum atomic E-state index is -2.28. The molecule has 67 heavy (non-hydrogen) atoms. The Balaban J connectivity index is 0.985. The molecule has 1 spiro atoms. The van der Waals surface area contributed by atoms with Crippen LogP contribution in [0, 0.1) is 5.92 Å². The first-order chi connectivity index (χ1) is 32.8. The molecule has 3 aliphatic carbocycles. The fourth-order valence-electron chi connectivity index (χ4n) is 13.6. The zero-order valence-corrected chi connectivity index (χ0v) is 39.3. The third kappa shape index (κ3) is 5.10. The summed E-state index contributed by atoms with van der Waals surface area (Å²) in [7, 11) is -2.28. The maximum absolute atomic E-state index is 2.60. The summed E-state index contributed by atoms with van der Waals surface area (Å²) >= 11 is 0. The molecule has 14 rings (SSSR count). The maximum Gasteiger partial charge on any atom is 0.113 e. The Morgan fingerprint density at radius 2 is 1.13 bits per heavy atom. The zero-order chi connectivity index (χ0) is 44.8. The monoisotopic (exact) mass is 874 g/mol. The molecule has 2 heterocycles. The van der Waals surface area contributed by atoms with E-state index in [1.165, 1.54) is 98.8 Å². The first-order valence-electron chi connectivity index (χ1n) is 24.0. The minimum absolute atomic E-state index is 0.0397. The van der Waals surface area contributed by atoms with Gasteiger partial charge in [-0.15, -0.1) is 0 Å². The van der Waals surface area contributed by atoms with Crippen molar-refractivity contribution < 1.29 is 0 Å². The van der Waals surface area contributed by atoms with Crippen LogP contribution < -0.4 is 15.3 Å². The topological polar surface area (TPSA) is 8.17 Å². The average Bonchev–Trinajstić information content (AvgIpc) is 3.82. The van der Waals surface area contributed by atoms with E-state index in [-0.39, 0.29) is 22.7 Å². The van der Waals surface area contributed by atoms with Crippen LogP contribution in [0.3, 0.4) is 0 Å². The minimum Gasteiger partial charge on any atom is -0.310 e. The van der Waals surface area contributed by atoms with Crippen LogP contribution in [-0.4, -0.2) is 12.6 Å². The summed E-state index contributed by atoms with van der Waals surface area (Å²) in [5, 5.41) is 8.30. The van der Waals surface area contributed by atoms with Crippen molar-refractivity contribution >= 4 is 68.1 Å². The van der Waals surface area contributed by atoms with Gasteiger partial charge in [-0.05, 0) is 121 Å². The van der Waals surface area contributed by atoms with Crippen molar-refractivity contribution in [3.8, 4) is 16.8 Å². The van der Waals surface area contributed by atoms with Gasteiger partial charge in [-0.25, -0.2) is 0 Å². The number of allylic oxidation sites excluding steroid dienone is 4. The summed E-state index contributed by atoms with van der Waals surface area (Å²) in [5.74, 6) is 0.493. The fourth-order valence-corrected chi connectivity index (χ4v) is 16.8. The number of hydrogen-bond acceptors (Lipinski definition) is 1. The van der Waals surface area contributed by atoms with Crippen LogP contribution in [0.5, 0.6) is 0 Å². The van der Waals surface area contributed by atoms with Gasteiger partial charge in [-0.3, -0.25) is 0 Å². The lowest BCUT2D eigenvalue weighted by atomic mass is 9.52. The van der Waals surface area contributed by atoms with E-state index in [1.54, 1.807) is 0 Å². The number of nitrogens with zero attached hydrogens (tertiary/aromatic N) is 2. The van der Waals surface area contributed by atoms with Gasteiger partial charge in [-0.1, -0.05) is 190 Å². The second kappa shape index (κ2) is 13.8. The zero-order valence-electron chi connectivity index (χ0n) is 38.3. The number of benzene rings is 9. The first-order valence-corrected chi connectivity index (χ1v) is 27.0. The normalized spacial score (nSPS) is 19.8. The van der Waals surface area contributed by atoms with E-state index < -0.39 is 8.07 Å². The lowest BCUT2D eigenvalue weighted by Gasteiger charge is -2.54. The highest BCUT2D eigenvalue weighted by atomic mass is 28.3. The van der Waals surface area contributed by atoms with Gasteiger partial charge in [0.25, 0.3) is 0 Å². The van der Waals surface area contributed by atoms with E-state index in [1.807, 2.05) is 0 Å². The van der Waals surface area contributed by atoms with E-state index in [4.69, 9.17) is 0 Å². The number of para-hydroxylation sites is 2. The predicted octanol–water partition coefficient (Wildman–Crippen LogP) is 15.0. The standard InChI is InChI=1S/C64H50N2Si/c1-63(2)52-26-11-8-23-47(52)50-38-44(32-35-53(50)63)66-58-30-14-10-24-48(58)51-39-43(34-37-59(51)66)65(42-20-6-5-7-21-42)45-33-36-56-61(40-45)67(3,4)60-31-15-13-28-55(60)64(56)54-27-12-9-22-46(54)49-25-16-18-41-19-17-29-57(64)62(41)49/h5-40,46,54H,1-4H3. The van der Waals surface area contributed by atoms with Crippen molar-refractivity contribution in [2.45, 2.75) is 43.7 Å². The number of aromatic nitrogens is 1. The summed E-state index contributed by atoms with van der Waals surface area (Å²) in [5.41, 5.74) is 18.0. The van der Waals surface area contributed by atoms with E-state index in [0.29, 0.717) is 0 Å². The molecule has 0 radical (unpaired) electrons. The van der Waals surface area contributed by atoms with Crippen molar-refractivity contribution in [3.63, 3.8) is 0 Å². The van der Waals surface area contributed by atoms with Crippen molar-refractivity contribution in [1.29, 1.82) is 0 Å². The lowest BCUT2D eigenvalue weighted by Crippen LogP contribution is -2.65. The maximum atomic E-state index is 2.60. The van der Waals surface area contributed by atoms with Gasteiger partial charge >= 0.3 is 0 Å². The van der Waals surface area contributed by atoms with Crippen LogP contribution in [0.15, 0.2) is 218 Å². The Hall–Kier alpha value is -7.46. The summed E-state index contributed by atoms with van der Waals surface area (Å²) in [6, 6.07) is 74.3. The summed E-state index contributed by atoms with van der Waals surface area (Å²) in [4.78, 5) is 2.50. The fraction of sp³-hybridized carbons (Fsp3) is 0.125. The molecule has 0 saturated heterocycles. The Morgan fingerprint density at radius 1 is 0.478 bits per heavy atom. The predicted molar refractivity (Wildman–Crippen MR) is 285 cm³/mol. The van der Waals surface area contributed by atoms with Crippen LogP contribution in [0.1, 0.15) is 53.1 Å². The Labute approximate surface area is 393 Å². The van der Waals surface area contributed by atoms with Crippen molar-refractivity contribution in [3.05, 3.63) is 252 Å². The van der Waals surface area contributed by atoms with E-state index in [9.17, 15) is 0 Å². The molecule has 3 heteroatoms. The van der Waals surface area contributed by atoms with Gasteiger partial charge in [0, 0.05) is 50.8 Å². The molecule has 9 aromatic carbocycles. The molecule has 1 aliphatic heterocycles. The molecule has 3 atom stereocenters. The van der Waals surface area contributed by atoms with E-state index in [0.717, 1.165) is 11.4 Å². The summed E-state index contributed by atoms with van der Waals surface area (Å²) in [6.07, 6.45) is 9.58. The molecular weight excluding hydrogens is 825 g/mol. The highest BCUT2D eigenvalue weighted by Gasteiger charge is 2.56. The average molecular weight is 875 g/mol. The smallest absolute Gasteiger partial charge is 0.113 e. The Bertz CT molecular complexity index is 3790. The van der Waals surface area contributed by atoms with Gasteiger partial charge < -0.3 is 9.47 Å². The van der Waals surface area contributed by atoms with Gasteiger partial charge in [0.1, 0.15) is 8.07 Å². The molecule has 0 amide bonds. The molecular formula is C64H50N2Si. The highest BCUT2D eigenvalue weighted by Crippen LogP contribution is 2.59. The van der Waals surface area contributed by atoms with Gasteiger partial charge in [0.05, 0.1) is 16.4 Å². The summed E-state index contributed by atoms with van der Waals surface area (Å²) in [6.45, 7) is 9.88. The summed E-state index contributed by atoms with van der Waals surface area (Å²) < 4.78 is 2.48. The highest BCUT2D eigenvalue weighted by molar-refractivity contribution is 7.01. The molecule has 3 unspecified atom stereocenters. The van der Waals surface area contributed by atoms with Gasteiger partial charge in [0.15, 0.2) is 0 Å². The van der Waals surface area contributed by atoms with Crippen LogP contribution in [0.4, 0.5) is 17.1 Å². The number of fused-ring (bicyclic) bond motifs is 14. The van der Waals surface area contributed by atoms with Crippen LogP contribution >= 0.6 is 0 Å². The molecule has 0 bridgehead atoms. The van der Waals surface area contributed by atoms with E-state index in [2.05, 4.69) is 255 Å². The Kier molecular flexibility index (Phi) is 7.98. The number of rotatable bonds is 4. The van der Waals surface area contributed by atoms with Crippen molar-refractivity contribution in [2.75, 3.05) is 4.90 Å². The Morgan fingerprint density at radius 3 is 2.01 bits per heavy atom. The molecule has 1 aromatic heterocycles. The van der Waals surface area contributed by atoms with Crippen molar-refractivity contribution in [1.82, 2.24) is 4.57 Å². The van der Waals surface area contributed by atoms with Crippen LogP contribution in [0.2, 0.25) is 13.1 Å². The van der Waals surface area contributed by atoms with E-state index >= 15 is 0 Å². The largest absolute Gasteiger partial charge is 0.310 e.